The molecular weight excluding hydrogens is 158 g/mol. The van der Waals surface area contributed by atoms with E-state index in [1.54, 1.807) is 0 Å². The van der Waals surface area contributed by atoms with Crippen LogP contribution in [-0.4, -0.2) is 29.0 Å². The van der Waals surface area contributed by atoms with Crippen molar-refractivity contribution in [2.75, 3.05) is 12.3 Å². The van der Waals surface area contributed by atoms with E-state index in [-0.39, 0.29) is 5.54 Å². The number of nitrogens with zero attached hydrogens (tertiary/aromatic N) is 1. The molecule has 3 N–H and O–H groups in total. The fourth-order valence-corrected chi connectivity index (χ4v) is 3.12. The van der Waals surface area contributed by atoms with Crippen LogP contribution in [0.15, 0.2) is 4.99 Å². The standard InChI is InChI=1S/C7H13N3S/c1-5-7(2-3-11-5)4-9-6(8)10-7/h5H,2-4H2,1H3,(H3,8,9,10). The summed E-state index contributed by atoms with van der Waals surface area (Å²) < 4.78 is 0. The lowest BCUT2D eigenvalue weighted by molar-refractivity contribution is 0.416. The second-order valence-electron chi connectivity index (χ2n) is 3.25. The average molecular weight is 171 g/mol. The fourth-order valence-electron chi connectivity index (χ4n) is 1.71. The zero-order chi connectivity index (χ0) is 7.90. The van der Waals surface area contributed by atoms with Crippen LogP contribution in [0.25, 0.3) is 0 Å². The molecule has 0 aromatic heterocycles. The summed E-state index contributed by atoms with van der Waals surface area (Å²) in [5.74, 6) is 1.86. The van der Waals surface area contributed by atoms with Crippen LogP contribution in [-0.2, 0) is 0 Å². The molecule has 1 fully saturated rings. The Morgan fingerprint density at radius 3 is 3.09 bits per heavy atom. The van der Waals surface area contributed by atoms with Gasteiger partial charge in [0.15, 0.2) is 5.96 Å². The highest BCUT2D eigenvalue weighted by atomic mass is 32.2. The normalized spacial score (nSPS) is 42.6. The van der Waals surface area contributed by atoms with E-state index in [4.69, 9.17) is 5.73 Å². The van der Waals surface area contributed by atoms with Gasteiger partial charge in [0.1, 0.15) is 0 Å². The van der Waals surface area contributed by atoms with Gasteiger partial charge in [-0.1, -0.05) is 6.92 Å². The molecule has 62 valence electrons. The van der Waals surface area contributed by atoms with Gasteiger partial charge in [-0.3, -0.25) is 4.99 Å². The molecule has 0 aliphatic carbocycles. The second-order valence-corrected chi connectivity index (χ2v) is 4.69. The summed E-state index contributed by atoms with van der Waals surface area (Å²) in [6.07, 6.45) is 1.20. The van der Waals surface area contributed by atoms with E-state index in [9.17, 15) is 0 Å². The number of rotatable bonds is 0. The Labute approximate surface area is 70.8 Å². The number of nitrogens with one attached hydrogen (secondary N) is 1. The van der Waals surface area contributed by atoms with Crippen molar-refractivity contribution in [3.05, 3.63) is 0 Å². The van der Waals surface area contributed by atoms with Crippen LogP contribution in [0.4, 0.5) is 0 Å². The average Bonchev–Trinajstić information content (AvgIpc) is 2.46. The number of thioether (sulfide) groups is 1. The fraction of sp³-hybridized carbons (Fsp3) is 0.857. The highest BCUT2D eigenvalue weighted by molar-refractivity contribution is 8.00. The third-order valence-corrected chi connectivity index (χ3v) is 3.99. The second kappa shape index (κ2) is 2.30. The molecule has 4 heteroatoms. The largest absolute Gasteiger partial charge is 0.370 e. The SMILES string of the molecule is CC1SCCC12CN=C(N)N2. The van der Waals surface area contributed by atoms with Gasteiger partial charge in [0.25, 0.3) is 0 Å². The minimum atomic E-state index is 0.203. The van der Waals surface area contributed by atoms with E-state index in [0.29, 0.717) is 11.2 Å². The van der Waals surface area contributed by atoms with Crippen LogP contribution in [0.2, 0.25) is 0 Å². The maximum Gasteiger partial charge on any atom is 0.189 e. The van der Waals surface area contributed by atoms with Crippen LogP contribution in [0, 0.1) is 0 Å². The van der Waals surface area contributed by atoms with E-state index in [0.717, 1.165) is 6.54 Å². The zero-order valence-corrected chi connectivity index (χ0v) is 7.45. The number of hydrogen-bond donors (Lipinski definition) is 2. The van der Waals surface area contributed by atoms with Crippen molar-refractivity contribution >= 4 is 17.7 Å². The molecule has 0 radical (unpaired) electrons. The van der Waals surface area contributed by atoms with E-state index < -0.39 is 0 Å². The van der Waals surface area contributed by atoms with Crippen molar-refractivity contribution in [3.8, 4) is 0 Å². The summed E-state index contributed by atoms with van der Waals surface area (Å²) in [7, 11) is 0. The first-order valence-electron chi connectivity index (χ1n) is 3.93. The van der Waals surface area contributed by atoms with Crippen molar-refractivity contribution in [1.82, 2.24) is 5.32 Å². The molecule has 3 nitrogen and oxygen atoms in total. The molecule has 0 aromatic rings. The van der Waals surface area contributed by atoms with Gasteiger partial charge in [0.2, 0.25) is 0 Å². The van der Waals surface area contributed by atoms with E-state index >= 15 is 0 Å². The van der Waals surface area contributed by atoms with Crippen LogP contribution < -0.4 is 11.1 Å². The Balaban J connectivity index is 2.13. The van der Waals surface area contributed by atoms with Gasteiger partial charge in [0, 0.05) is 5.25 Å². The van der Waals surface area contributed by atoms with Gasteiger partial charge in [-0.25, -0.2) is 0 Å². The first-order chi connectivity index (χ1) is 5.23. The summed E-state index contributed by atoms with van der Waals surface area (Å²) in [5, 5.41) is 3.93. The van der Waals surface area contributed by atoms with Gasteiger partial charge < -0.3 is 11.1 Å². The van der Waals surface area contributed by atoms with E-state index in [1.807, 2.05) is 11.8 Å². The zero-order valence-electron chi connectivity index (χ0n) is 6.63. The molecule has 2 heterocycles. The van der Waals surface area contributed by atoms with E-state index in [1.165, 1.54) is 12.2 Å². The highest BCUT2D eigenvalue weighted by Crippen LogP contribution is 2.37. The third kappa shape index (κ3) is 1.00. The Kier molecular flexibility index (Phi) is 1.52. The predicted molar refractivity (Wildman–Crippen MR) is 48.9 cm³/mol. The maximum atomic E-state index is 5.58. The number of guanidine groups is 1. The molecule has 2 unspecified atom stereocenters. The van der Waals surface area contributed by atoms with Crippen molar-refractivity contribution in [1.29, 1.82) is 0 Å². The van der Waals surface area contributed by atoms with Crippen molar-refractivity contribution in [2.24, 2.45) is 10.7 Å². The molecule has 11 heavy (non-hydrogen) atoms. The molecule has 2 aliphatic rings. The molecular formula is C7H13N3S. The van der Waals surface area contributed by atoms with Crippen molar-refractivity contribution in [2.45, 2.75) is 24.1 Å². The van der Waals surface area contributed by atoms with E-state index in [2.05, 4.69) is 17.2 Å². The van der Waals surface area contributed by atoms with Crippen LogP contribution in [0.1, 0.15) is 13.3 Å². The summed E-state index contributed by atoms with van der Waals surface area (Å²) >= 11 is 2.00. The first kappa shape index (κ1) is 7.28. The Bertz CT molecular complexity index is 204. The summed E-state index contributed by atoms with van der Waals surface area (Å²) in [6, 6.07) is 0. The Hall–Kier alpha value is -0.380. The molecule has 0 amide bonds. The number of nitrogens with two attached hydrogens (primary N) is 1. The molecule has 1 saturated heterocycles. The quantitative estimate of drug-likeness (QED) is 0.546. The topological polar surface area (TPSA) is 50.4 Å². The lowest BCUT2D eigenvalue weighted by atomic mass is 9.94. The minimum absolute atomic E-state index is 0.203. The van der Waals surface area contributed by atoms with Gasteiger partial charge in [-0.15, -0.1) is 0 Å². The predicted octanol–water partition coefficient (Wildman–Crippen LogP) is 0.169. The lowest BCUT2D eigenvalue weighted by Gasteiger charge is -2.27. The molecule has 2 aliphatic heterocycles. The number of hydrogen-bond acceptors (Lipinski definition) is 4. The molecule has 1 spiro atoms. The van der Waals surface area contributed by atoms with Gasteiger partial charge in [-0.05, 0) is 12.2 Å². The summed E-state index contributed by atoms with van der Waals surface area (Å²) in [5.41, 5.74) is 5.78. The summed E-state index contributed by atoms with van der Waals surface area (Å²) in [6.45, 7) is 3.12. The third-order valence-electron chi connectivity index (χ3n) is 2.60. The van der Waals surface area contributed by atoms with Crippen LogP contribution in [0.5, 0.6) is 0 Å². The highest BCUT2D eigenvalue weighted by Gasteiger charge is 2.43. The monoisotopic (exact) mass is 171 g/mol. The van der Waals surface area contributed by atoms with Gasteiger partial charge >= 0.3 is 0 Å². The Morgan fingerprint density at radius 2 is 2.64 bits per heavy atom. The molecule has 2 atom stereocenters. The lowest BCUT2D eigenvalue weighted by Crippen LogP contribution is -2.51. The first-order valence-corrected chi connectivity index (χ1v) is 4.97. The number of aliphatic imine (C=N–C) groups is 1. The maximum absolute atomic E-state index is 5.58. The molecule has 0 aromatic carbocycles. The van der Waals surface area contributed by atoms with Crippen LogP contribution in [0.3, 0.4) is 0 Å². The molecule has 0 bridgehead atoms. The minimum Gasteiger partial charge on any atom is -0.370 e. The van der Waals surface area contributed by atoms with Gasteiger partial charge in [-0.2, -0.15) is 11.8 Å². The smallest absolute Gasteiger partial charge is 0.189 e. The van der Waals surface area contributed by atoms with Crippen molar-refractivity contribution < 1.29 is 0 Å². The van der Waals surface area contributed by atoms with Crippen molar-refractivity contribution in [3.63, 3.8) is 0 Å². The van der Waals surface area contributed by atoms with Crippen LogP contribution >= 0.6 is 11.8 Å². The molecule has 2 rings (SSSR count). The van der Waals surface area contributed by atoms with Gasteiger partial charge in [0.05, 0.1) is 12.1 Å². The molecule has 0 saturated carbocycles. The summed E-state index contributed by atoms with van der Waals surface area (Å²) in [4.78, 5) is 4.19. The Morgan fingerprint density at radius 1 is 1.82 bits per heavy atom.